The average molecular weight is 330 g/mol. The van der Waals surface area contributed by atoms with Gasteiger partial charge in [0, 0.05) is 26.1 Å². The van der Waals surface area contributed by atoms with Crippen molar-refractivity contribution < 1.29 is 13.9 Å². The van der Waals surface area contributed by atoms with Crippen molar-refractivity contribution in [2.75, 3.05) is 20.2 Å². The number of aryl methyl sites for hydroxylation is 1. The SMILES string of the molecule is CCCC(OC)C(=O)N1CCC(c2nc3cccc(C)c3o2)CC1. The molecule has 0 N–H and O–H groups in total. The van der Waals surface area contributed by atoms with E-state index in [1.54, 1.807) is 7.11 Å². The highest BCUT2D eigenvalue weighted by atomic mass is 16.5. The van der Waals surface area contributed by atoms with Gasteiger partial charge in [-0.2, -0.15) is 0 Å². The molecule has 24 heavy (non-hydrogen) atoms. The molecule has 5 heteroatoms. The van der Waals surface area contributed by atoms with E-state index in [0.29, 0.717) is 0 Å². The number of methoxy groups -OCH3 is 1. The van der Waals surface area contributed by atoms with E-state index in [4.69, 9.17) is 9.15 Å². The number of hydrogen-bond donors (Lipinski definition) is 0. The van der Waals surface area contributed by atoms with Crippen molar-refractivity contribution in [1.82, 2.24) is 9.88 Å². The third-order valence-electron chi connectivity index (χ3n) is 4.90. The molecule has 1 saturated heterocycles. The largest absolute Gasteiger partial charge is 0.440 e. The van der Waals surface area contributed by atoms with Gasteiger partial charge in [0.15, 0.2) is 11.5 Å². The molecule has 2 heterocycles. The van der Waals surface area contributed by atoms with E-state index in [2.05, 4.69) is 11.9 Å². The van der Waals surface area contributed by atoms with E-state index in [0.717, 1.165) is 61.3 Å². The maximum atomic E-state index is 12.5. The van der Waals surface area contributed by atoms with E-state index in [9.17, 15) is 4.79 Å². The molecule has 2 aromatic rings. The van der Waals surface area contributed by atoms with Crippen LogP contribution in [0.4, 0.5) is 0 Å². The number of carbonyl (C=O) groups is 1. The van der Waals surface area contributed by atoms with E-state index in [1.807, 2.05) is 30.0 Å². The maximum absolute atomic E-state index is 12.5. The van der Waals surface area contributed by atoms with Gasteiger partial charge in [-0.15, -0.1) is 0 Å². The Morgan fingerprint density at radius 2 is 2.17 bits per heavy atom. The Morgan fingerprint density at radius 3 is 2.79 bits per heavy atom. The Bertz CT molecular complexity index is 702. The van der Waals surface area contributed by atoms with Crippen LogP contribution in [0.25, 0.3) is 11.1 Å². The van der Waals surface area contributed by atoms with Gasteiger partial charge < -0.3 is 14.1 Å². The number of fused-ring (bicyclic) bond motifs is 1. The number of aromatic nitrogens is 1. The molecule has 0 spiro atoms. The Balaban J connectivity index is 1.66. The summed E-state index contributed by atoms with van der Waals surface area (Å²) < 4.78 is 11.4. The van der Waals surface area contributed by atoms with Crippen molar-refractivity contribution in [3.63, 3.8) is 0 Å². The number of ether oxygens (including phenoxy) is 1. The Kier molecular flexibility index (Phi) is 5.19. The zero-order valence-corrected chi connectivity index (χ0v) is 14.7. The minimum atomic E-state index is -0.307. The van der Waals surface area contributed by atoms with E-state index >= 15 is 0 Å². The molecule has 5 nitrogen and oxygen atoms in total. The standard InChI is InChI=1S/C19H26N2O3/c1-4-6-16(23-3)19(22)21-11-9-14(10-12-21)18-20-15-8-5-7-13(2)17(15)24-18/h5,7-8,14,16H,4,6,9-12H2,1-3H3. The predicted octanol–water partition coefficient (Wildman–Crippen LogP) is 3.66. The summed E-state index contributed by atoms with van der Waals surface area (Å²) in [6.07, 6.45) is 3.20. The smallest absolute Gasteiger partial charge is 0.251 e. The average Bonchev–Trinajstić information content (AvgIpc) is 3.05. The Labute approximate surface area is 143 Å². The number of benzene rings is 1. The fourth-order valence-corrected chi connectivity index (χ4v) is 3.43. The van der Waals surface area contributed by atoms with Gasteiger partial charge in [-0.1, -0.05) is 25.5 Å². The lowest BCUT2D eigenvalue weighted by molar-refractivity contribution is -0.143. The highest BCUT2D eigenvalue weighted by molar-refractivity contribution is 5.81. The van der Waals surface area contributed by atoms with Gasteiger partial charge >= 0.3 is 0 Å². The molecule has 1 fully saturated rings. The molecule has 0 aliphatic carbocycles. The van der Waals surface area contributed by atoms with Gasteiger partial charge in [-0.25, -0.2) is 4.98 Å². The van der Waals surface area contributed by atoms with Crippen molar-refractivity contribution in [1.29, 1.82) is 0 Å². The van der Waals surface area contributed by atoms with E-state index in [-0.39, 0.29) is 17.9 Å². The zero-order chi connectivity index (χ0) is 17.1. The van der Waals surface area contributed by atoms with Gasteiger partial charge in [-0.05, 0) is 37.8 Å². The van der Waals surface area contributed by atoms with Crippen LogP contribution in [0, 0.1) is 6.92 Å². The van der Waals surface area contributed by atoms with Crippen LogP contribution in [0.3, 0.4) is 0 Å². The zero-order valence-electron chi connectivity index (χ0n) is 14.7. The molecule has 1 unspecified atom stereocenters. The first-order valence-electron chi connectivity index (χ1n) is 8.81. The molecular weight excluding hydrogens is 304 g/mol. The van der Waals surface area contributed by atoms with Crippen molar-refractivity contribution in [2.24, 2.45) is 0 Å². The van der Waals surface area contributed by atoms with Crippen LogP contribution in [0.15, 0.2) is 22.6 Å². The summed E-state index contributed by atoms with van der Waals surface area (Å²) >= 11 is 0. The second-order valence-corrected chi connectivity index (χ2v) is 6.59. The molecule has 1 aliphatic heterocycles. The molecule has 1 aromatic carbocycles. The summed E-state index contributed by atoms with van der Waals surface area (Å²) in [6, 6.07) is 6.03. The molecule has 0 saturated carbocycles. The highest BCUT2D eigenvalue weighted by Crippen LogP contribution is 2.31. The number of nitrogens with zero attached hydrogens (tertiary/aromatic N) is 2. The lowest BCUT2D eigenvalue weighted by atomic mass is 9.96. The number of carbonyl (C=O) groups excluding carboxylic acids is 1. The first-order chi connectivity index (χ1) is 11.6. The van der Waals surface area contributed by atoms with Crippen LogP contribution in [-0.4, -0.2) is 42.1 Å². The molecule has 0 radical (unpaired) electrons. The van der Waals surface area contributed by atoms with Crippen LogP contribution in [0.2, 0.25) is 0 Å². The molecule has 130 valence electrons. The molecule has 3 rings (SSSR count). The summed E-state index contributed by atoms with van der Waals surface area (Å²) in [5, 5.41) is 0. The third kappa shape index (κ3) is 3.31. The summed E-state index contributed by atoms with van der Waals surface area (Å²) in [5.41, 5.74) is 2.92. The third-order valence-corrected chi connectivity index (χ3v) is 4.90. The number of oxazole rings is 1. The monoisotopic (exact) mass is 330 g/mol. The van der Waals surface area contributed by atoms with Gasteiger partial charge in [0.25, 0.3) is 5.91 Å². The van der Waals surface area contributed by atoms with Crippen LogP contribution in [0.5, 0.6) is 0 Å². The number of hydrogen-bond acceptors (Lipinski definition) is 4. The highest BCUT2D eigenvalue weighted by Gasteiger charge is 2.30. The molecule has 1 atom stereocenters. The molecule has 1 amide bonds. The number of para-hydroxylation sites is 1. The first kappa shape index (κ1) is 17.0. The molecule has 0 bridgehead atoms. The summed E-state index contributed by atoms with van der Waals surface area (Å²) in [4.78, 5) is 19.1. The predicted molar refractivity (Wildman–Crippen MR) is 93.0 cm³/mol. The fraction of sp³-hybridized carbons (Fsp3) is 0.579. The first-order valence-corrected chi connectivity index (χ1v) is 8.81. The minimum Gasteiger partial charge on any atom is -0.440 e. The topological polar surface area (TPSA) is 55.6 Å². The van der Waals surface area contributed by atoms with E-state index < -0.39 is 0 Å². The molecular formula is C19H26N2O3. The Hall–Kier alpha value is -1.88. The van der Waals surface area contributed by atoms with E-state index in [1.165, 1.54) is 0 Å². The molecule has 1 aliphatic rings. The number of amides is 1. The van der Waals surface area contributed by atoms with Crippen LogP contribution >= 0.6 is 0 Å². The van der Waals surface area contributed by atoms with Gasteiger partial charge in [0.1, 0.15) is 11.6 Å². The van der Waals surface area contributed by atoms with Gasteiger partial charge in [0.2, 0.25) is 0 Å². The normalized spacial score (nSPS) is 17.4. The van der Waals surface area contributed by atoms with Gasteiger partial charge in [-0.3, -0.25) is 4.79 Å². The quantitative estimate of drug-likeness (QED) is 0.839. The van der Waals surface area contributed by atoms with Crippen molar-refractivity contribution in [3.05, 3.63) is 29.7 Å². The summed E-state index contributed by atoms with van der Waals surface area (Å²) in [7, 11) is 1.62. The second kappa shape index (κ2) is 7.34. The van der Waals surface area contributed by atoms with Crippen molar-refractivity contribution >= 4 is 17.0 Å². The summed E-state index contributed by atoms with van der Waals surface area (Å²) in [5.74, 6) is 1.21. The van der Waals surface area contributed by atoms with Gasteiger partial charge in [0.05, 0.1) is 0 Å². The van der Waals surface area contributed by atoms with Crippen molar-refractivity contribution in [3.8, 4) is 0 Å². The molecule has 1 aromatic heterocycles. The number of rotatable bonds is 5. The minimum absolute atomic E-state index is 0.117. The van der Waals surface area contributed by atoms with Crippen LogP contribution < -0.4 is 0 Å². The Morgan fingerprint density at radius 1 is 1.42 bits per heavy atom. The second-order valence-electron chi connectivity index (χ2n) is 6.59. The lowest BCUT2D eigenvalue weighted by Crippen LogP contribution is -2.44. The number of likely N-dealkylation sites (tertiary alicyclic amines) is 1. The van der Waals surface area contributed by atoms with Crippen molar-refractivity contribution in [2.45, 2.75) is 51.6 Å². The number of piperidine rings is 1. The fourth-order valence-electron chi connectivity index (χ4n) is 3.43. The summed E-state index contributed by atoms with van der Waals surface area (Å²) in [6.45, 7) is 5.59. The van der Waals surface area contributed by atoms with Crippen LogP contribution in [0.1, 0.15) is 50.0 Å². The van der Waals surface area contributed by atoms with Crippen LogP contribution in [-0.2, 0) is 9.53 Å². The maximum Gasteiger partial charge on any atom is 0.251 e. The lowest BCUT2D eigenvalue weighted by Gasteiger charge is -2.32.